The molecule has 0 aliphatic carbocycles. The lowest BCUT2D eigenvalue weighted by atomic mass is 9.99. The van der Waals surface area contributed by atoms with Crippen LogP contribution in [-0.4, -0.2) is 96.7 Å². The molecule has 0 saturated carbocycles. The fraction of sp³-hybridized carbons (Fsp3) is 0.946. The monoisotopic (exact) mass is 1370 g/mol. The summed E-state index contributed by atoms with van der Waals surface area (Å²) in [6, 6.07) is 0. The average molecular weight is 1370 g/mol. The van der Waals surface area contributed by atoms with Crippen molar-refractivity contribution in [3.8, 4) is 0 Å². The number of carbonyl (C=O) groups is 4. The average Bonchev–Trinajstić information content (AvgIpc) is 1.77. The maximum Gasteiger partial charge on any atom is 0.472 e. The highest BCUT2D eigenvalue weighted by Gasteiger charge is 2.30. The van der Waals surface area contributed by atoms with Crippen LogP contribution in [0.5, 0.6) is 0 Å². The summed E-state index contributed by atoms with van der Waals surface area (Å²) in [5.41, 5.74) is 0. The van der Waals surface area contributed by atoms with E-state index in [1.54, 1.807) is 0 Å². The van der Waals surface area contributed by atoms with Crippen molar-refractivity contribution < 1.29 is 80.2 Å². The van der Waals surface area contributed by atoms with Crippen LogP contribution >= 0.6 is 15.6 Å². The molecule has 0 aliphatic heterocycles. The lowest BCUT2D eigenvalue weighted by Crippen LogP contribution is -2.30. The molecule has 0 fully saturated rings. The molecule has 3 N–H and O–H groups in total. The number of phosphoric acid groups is 2. The van der Waals surface area contributed by atoms with Crippen molar-refractivity contribution >= 4 is 39.5 Å². The van der Waals surface area contributed by atoms with Gasteiger partial charge in [-0.05, 0) is 43.4 Å². The van der Waals surface area contributed by atoms with Gasteiger partial charge in [0, 0.05) is 25.7 Å². The Morgan fingerprint density at radius 2 is 0.548 bits per heavy atom. The number of aliphatic hydroxyl groups excluding tert-OH is 1. The standard InChI is InChI=1S/C74H144O17P2/c1-8-10-11-12-13-14-15-17-21-28-35-43-50-57-73(78)91-70(62-85-72(77)56-49-42-37-30-32-39-46-53-66(5)6)64-89-93(82,83)87-60-68(75)59-86-92(80,81)88-63-69(61-84-71(76)55-48-41-34-27-24-23-26-33-40-47-54-67(7)9-2)90-74(79)58-51-44-36-29-22-19-16-18-20-25-31-38-45-52-65(3)4/h65-70,75H,8-64H2,1-7H3,(H,80,81)(H,82,83)/t67?,68-,69-,70-/m1/s1. The van der Waals surface area contributed by atoms with Gasteiger partial charge >= 0.3 is 39.5 Å². The first-order valence-corrected chi connectivity index (χ1v) is 41.4. The molecule has 0 radical (unpaired) electrons. The molecule has 19 heteroatoms. The van der Waals surface area contributed by atoms with Crippen LogP contribution in [0.2, 0.25) is 0 Å². The molecule has 17 nitrogen and oxygen atoms in total. The molecule has 0 saturated heterocycles. The van der Waals surface area contributed by atoms with Crippen LogP contribution in [0.4, 0.5) is 0 Å². The van der Waals surface area contributed by atoms with Crippen LogP contribution in [-0.2, 0) is 65.4 Å². The quantitative estimate of drug-likeness (QED) is 0.0222. The number of hydrogen-bond acceptors (Lipinski definition) is 15. The number of esters is 4. The minimum Gasteiger partial charge on any atom is -0.462 e. The minimum atomic E-state index is -4.96. The zero-order valence-electron chi connectivity index (χ0n) is 60.7. The van der Waals surface area contributed by atoms with E-state index in [1.165, 1.54) is 180 Å². The number of ether oxygens (including phenoxy) is 4. The van der Waals surface area contributed by atoms with Crippen molar-refractivity contribution in [1.82, 2.24) is 0 Å². The Bertz CT molecular complexity index is 1820. The van der Waals surface area contributed by atoms with E-state index in [1.807, 2.05) is 0 Å². The summed E-state index contributed by atoms with van der Waals surface area (Å²) >= 11 is 0. The molecule has 3 unspecified atom stereocenters. The van der Waals surface area contributed by atoms with Crippen LogP contribution < -0.4 is 0 Å². The Morgan fingerprint density at radius 1 is 0.312 bits per heavy atom. The van der Waals surface area contributed by atoms with E-state index in [0.717, 1.165) is 108 Å². The number of phosphoric ester groups is 2. The summed E-state index contributed by atoms with van der Waals surface area (Å²) in [7, 11) is -9.91. The van der Waals surface area contributed by atoms with Crippen molar-refractivity contribution in [3.63, 3.8) is 0 Å². The zero-order valence-corrected chi connectivity index (χ0v) is 62.5. The van der Waals surface area contributed by atoms with E-state index < -0.39 is 97.5 Å². The highest BCUT2D eigenvalue weighted by molar-refractivity contribution is 7.47. The van der Waals surface area contributed by atoms with Gasteiger partial charge in [-0.3, -0.25) is 37.3 Å². The second-order valence-electron chi connectivity index (χ2n) is 27.9. The fourth-order valence-corrected chi connectivity index (χ4v) is 12.8. The number of unbranched alkanes of at least 4 members (excludes halogenated alkanes) is 39. The van der Waals surface area contributed by atoms with Gasteiger partial charge < -0.3 is 33.8 Å². The molecular formula is C74H144O17P2. The smallest absolute Gasteiger partial charge is 0.462 e. The van der Waals surface area contributed by atoms with Crippen molar-refractivity contribution in [2.45, 2.75) is 394 Å². The maximum absolute atomic E-state index is 13.1. The predicted molar refractivity (Wildman–Crippen MR) is 377 cm³/mol. The molecule has 0 spiro atoms. The van der Waals surface area contributed by atoms with Crippen molar-refractivity contribution in [2.24, 2.45) is 17.8 Å². The summed E-state index contributed by atoms with van der Waals surface area (Å²) in [6.45, 7) is 11.9. The third-order valence-corrected chi connectivity index (χ3v) is 19.4. The first kappa shape index (κ1) is 91.1. The Morgan fingerprint density at radius 3 is 0.817 bits per heavy atom. The largest absolute Gasteiger partial charge is 0.472 e. The van der Waals surface area contributed by atoms with E-state index in [2.05, 4.69) is 48.5 Å². The van der Waals surface area contributed by atoms with Crippen molar-refractivity contribution in [2.75, 3.05) is 39.6 Å². The molecule has 552 valence electrons. The maximum atomic E-state index is 13.1. The second kappa shape index (κ2) is 64.7. The van der Waals surface area contributed by atoms with Crippen LogP contribution in [0.3, 0.4) is 0 Å². The summed E-state index contributed by atoms with van der Waals surface area (Å²) in [4.78, 5) is 72.7. The van der Waals surface area contributed by atoms with E-state index in [0.29, 0.717) is 31.6 Å². The molecular weight excluding hydrogens is 1220 g/mol. The van der Waals surface area contributed by atoms with Gasteiger partial charge in [0.1, 0.15) is 19.3 Å². The van der Waals surface area contributed by atoms with Crippen LogP contribution in [0.25, 0.3) is 0 Å². The number of aliphatic hydroxyl groups is 1. The van der Waals surface area contributed by atoms with E-state index in [-0.39, 0.29) is 25.7 Å². The molecule has 6 atom stereocenters. The molecule has 93 heavy (non-hydrogen) atoms. The second-order valence-corrected chi connectivity index (χ2v) is 30.8. The van der Waals surface area contributed by atoms with Gasteiger partial charge in [-0.2, -0.15) is 0 Å². The third-order valence-electron chi connectivity index (χ3n) is 17.5. The van der Waals surface area contributed by atoms with Gasteiger partial charge in [-0.25, -0.2) is 9.13 Å². The highest BCUT2D eigenvalue weighted by atomic mass is 31.2. The van der Waals surface area contributed by atoms with Crippen LogP contribution in [0.1, 0.15) is 376 Å². The van der Waals surface area contributed by atoms with Gasteiger partial charge in [0.2, 0.25) is 0 Å². The first-order chi connectivity index (χ1) is 44.8. The topological polar surface area (TPSA) is 237 Å². The molecule has 0 aromatic heterocycles. The van der Waals surface area contributed by atoms with E-state index in [9.17, 15) is 43.2 Å². The zero-order chi connectivity index (χ0) is 68.7. The van der Waals surface area contributed by atoms with Gasteiger partial charge in [0.05, 0.1) is 26.4 Å². The fourth-order valence-electron chi connectivity index (χ4n) is 11.2. The number of hydrogen-bond donors (Lipinski definition) is 3. The van der Waals surface area contributed by atoms with Gasteiger partial charge in [-0.1, -0.05) is 325 Å². The number of rotatable bonds is 72. The lowest BCUT2D eigenvalue weighted by molar-refractivity contribution is -0.161. The normalized spacial score (nSPS) is 14.4. The highest BCUT2D eigenvalue weighted by Crippen LogP contribution is 2.45. The third kappa shape index (κ3) is 67.0. The molecule has 0 aromatic rings. The van der Waals surface area contributed by atoms with Crippen molar-refractivity contribution in [1.29, 1.82) is 0 Å². The summed E-state index contributed by atoms with van der Waals surface area (Å²) < 4.78 is 68.5. The van der Waals surface area contributed by atoms with Crippen LogP contribution in [0.15, 0.2) is 0 Å². The van der Waals surface area contributed by atoms with Crippen molar-refractivity contribution in [3.05, 3.63) is 0 Å². The van der Waals surface area contributed by atoms with E-state index in [4.69, 9.17) is 37.0 Å². The molecule has 0 aromatic carbocycles. The lowest BCUT2D eigenvalue weighted by Gasteiger charge is -2.21. The predicted octanol–water partition coefficient (Wildman–Crippen LogP) is 21.4. The molecule has 0 heterocycles. The Labute approximate surface area is 568 Å². The molecule has 0 amide bonds. The van der Waals surface area contributed by atoms with Gasteiger partial charge in [0.25, 0.3) is 0 Å². The molecule has 0 rings (SSSR count). The van der Waals surface area contributed by atoms with Crippen LogP contribution in [0, 0.1) is 17.8 Å². The summed E-state index contributed by atoms with van der Waals surface area (Å²) in [6.07, 6.45) is 49.8. The minimum absolute atomic E-state index is 0.107. The Balaban J connectivity index is 5.26. The van der Waals surface area contributed by atoms with E-state index >= 15 is 0 Å². The SMILES string of the molecule is CCCCCCCCCCCCCCCC(=O)O[C@H](COC(=O)CCCCCCCCCC(C)C)COP(=O)(O)OC[C@H](O)COP(=O)(O)OC[C@@H](COC(=O)CCCCCCCCCCCCC(C)CC)OC(=O)CCCCCCCCCCCCCCCC(C)C. The molecule has 0 aliphatic rings. The van der Waals surface area contributed by atoms with Gasteiger partial charge in [0.15, 0.2) is 12.2 Å². The molecule has 0 bridgehead atoms. The first-order valence-electron chi connectivity index (χ1n) is 38.4. The van der Waals surface area contributed by atoms with Gasteiger partial charge in [-0.15, -0.1) is 0 Å². The summed E-state index contributed by atoms with van der Waals surface area (Å²) in [5, 5.41) is 10.6. The Kier molecular flexibility index (Phi) is 63.4. The Hall–Kier alpha value is -1.94. The summed E-state index contributed by atoms with van der Waals surface area (Å²) in [5.74, 6) is 0.181. The number of carbonyl (C=O) groups excluding carboxylic acids is 4.